The molecule has 0 spiro atoms. The van der Waals surface area contributed by atoms with Crippen molar-refractivity contribution in [2.75, 3.05) is 13.2 Å². The molecule has 30 heavy (non-hydrogen) atoms. The van der Waals surface area contributed by atoms with Crippen LogP contribution >= 0.6 is 0 Å². The van der Waals surface area contributed by atoms with Crippen molar-refractivity contribution in [1.82, 2.24) is 20.8 Å². The monoisotopic (exact) mass is 427 g/mol. The van der Waals surface area contributed by atoms with Gasteiger partial charge in [-0.2, -0.15) is 13.2 Å². The lowest BCUT2D eigenvalue weighted by Crippen LogP contribution is -2.36. The van der Waals surface area contributed by atoms with E-state index in [1.165, 1.54) is 12.3 Å². The van der Waals surface area contributed by atoms with Gasteiger partial charge in [-0.25, -0.2) is 9.98 Å². The van der Waals surface area contributed by atoms with Crippen molar-refractivity contribution < 1.29 is 22.4 Å². The van der Waals surface area contributed by atoms with Crippen molar-refractivity contribution in [2.24, 2.45) is 4.99 Å². The number of aromatic nitrogens is 2. The Hall–Kier alpha value is -2.78. The van der Waals surface area contributed by atoms with Crippen LogP contribution in [-0.2, 0) is 13.1 Å². The number of hydrogen-bond acceptors (Lipinski definition) is 5. The second-order valence-electron chi connectivity index (χ2n) is 6.69. The van der Waals surface area contributed by atoms with Crippen molar-refractivity contribution >= 4 is 5.96 Å². The zero-order valence-corrected chi connectivity index (χ0v) is 17.4. The molecule has 0 saturated heterocycles. The maximum absolute atomic E-state index is 12.2. The smallest absolute Gasteiger partial charge is 0.422 e. The predicted octanol–water partition coefficient (Wildman–Crippen LogP) is 4.17. The SMILES string of the molecule is CCNC(=NCc1ccc(OCC(F)(F)F)nc1)NCc1cc(C(CC)CC)no1. The number of guanidine groups is 1. The summed E-state index contributed by atoms with van der Waals surface area (Å²) in [6.07, 6.45) is -0.936. The molecule has 0 radical (unpaired) electrons. The second-order valence-corrected chi connectivity index (χ2v) is 6.69. The lowest BCUT2D eigenvalue weighted by atomic mass is 9.99. The van der Waals surface area contributed by atoms with E-state index in [4.69, 9.17) is 4.52 Å². The van der Waals surface area contributed by atoms with Gasteiger partial charge in [0.15, 0.2) is 18.3 Å². The van der Waals surface area contributed by atoms with Gasteiger partial charge in [-0.05, 0) is 25.3 Å². The molecule has 0 bridgehead atoms. The topological polar surface area (TPSA) is 84.6 Å². The summed E-state index contributed by atoms with van der Waals surface area (Å²) in [5.74, 6) is 1.61. The van der Waals surface area contributed by atoms with E-state index in [1.54, 1.807) is 6.07 Å². The first-order chi connectivity index (χ1) is 14.3. The van der Waals surface area contributed by atoms with Crippen LogP contribution in [-0.4, -0.2) is 35.4 Å². The molecule has 2 aromatic heterocycles. The number of rotatable bonds is 10. The largest absolute Gasteiger partial charge is 0.468 e. The van der Waals surface area contributed by atoms with Crippen LogP contribution in [0.5, 0.6) is 5.88 Å². The van der Waals surface area contributed by atoms with Crippen LogP contribution < -0.4 is 15.4 Å². The molecule has 0 unspecified atom stereocenters. The minimum absolute atomic E-state index is 0.0799. The molecule has 10 heteroatoms. The fourth-order valence-electron chi connectivity index (χ4n) is 2.74. The van der Waals surface area contributed by atoms with Crippen LogP contribution in [0.3, 0.4) is 0 Å². The van der Waals surface area contributed by atoms with E-state index in [9.17, 15) is 13.2 Å². The lowest BCUT2D eigenvalue weighted by Gasteiger charge is -2.10. The summed E-state index contributed by atoms with van der Waals surface area (Å²) in [5.41, 5.74) is 1.69. The van der Waals surface area contributed by atoms with Crippen LogP contribution in [0.25, 0.3) is 0 Å². The van der Waals surface area contributed by atoms with Crippen LogP contribution in [0, 0.1) is 0 Å². The van der Waals surface area contributed by atoms with Crippen LogP contribution in [0.2, 0.25) is 0 Å². The molecule has 0 aliphatic rings. The Kier molecular flexibility index (Phi) is 8.94. The molecule has 166 valence electrons. The van der Waals surface area contributed by atoms with Crippen molar-refractivity contribution in [1.29, 1.82) is 0 Å². The Morgan fingerprint density at radius 1 is 1.20 bits per heavy atom. The summed E-state index contributed by atoms with van der Waals surface area (Å²) < 4.78 is 46.5. The summed E-state index contributed by atoms with van der Waals surface area (Å²) >= 11 is 0. The highest BCUT2D eigenvalue weighted by Crippen LogP contribution is 2.22. The van der Waals surface area contributed by atoms with E-state index in [1.807, 2.05) is 13.0 Å². The van der Waals surface area contributed by atoms with E-state index >= 15 is 0 Å². The average molecular weight is 427 g/mol. The molecule has 2 heterocycles. The van der Waals surface area contributed by atoms with Gasteiger partial charge < -0.3 is 19.9 Å². The zero-order valence-electron chi connectivity index (χ0n) is 17.4. The first-order valence-corrected chi connectivity index (χ1v) is 9.96. The predicted molar refractivity (Wildman–Crippen MR) is 107 cm³/mol. The maximum atomic E-state index is 12.2. The fraction of sp³-hybridized carbons (Fsp3) is 0.550. The Bertz CT molecular complexity index is 786. The molecule has 0 fully saturated rings. The van der Waals surface area contributed by atoms with Gasteiger partial charge in [0.2, 0.25) is 5.88 Å². The molecular weight excluding hydrogens is 399 g/mol. The Balaban J connectivity index is 1.91. The molecule has 2 aromatic rings. The van der Waals surface area contributed by atoms with Gasteiger partial charge in [-0.1, -0.05) is 25.1 Å². The third-order valence-corrected chi connectivity index (χ3v) is 4.36. The van der Waals surface area contributed by atoms with Crippen LogP contribution in [0.1, 0.15) is 56.5 Å². The number of pyridine rings is 1. The van der Waals surface area contributed by atoms with Crippen molar-refractivity contribution in [3.05, 3.63) is 41.4 Å². The molecule has 2 rings (SSSR count). The van der Waals surface area contributed by atoms with Gasteiger partial charge in [0.1, 0.15) is 0 Å². The number of nitrogens with one attached hydrogen (secondary N) is 2. The molecule has 0 aliphatic heterocycles. The van der Waals surface area contributed by atoms with Crippen molar-refractivity contribution in [2.45, 2.75) is 58.8 Å². The summed E-state index contributed by atoms with van der Waals surface area (Å²) in [6.45, 7) is 6.24. The highest BCUT2D eigenvalue weighted by atomic mass is 19.4. The second kappa shape index (κ2) is 11.4. The quantitative estimate of drug-likeness (QED) is 0.437. The van der Waals surface area contributed by atoms with Gasteiger partial charge in [0.05, 0.1) is 18.8 Å². The third-order valence-electron chi connectivity index (χ3n) is 4.36. The van der Waals surface area contributed by atoms with E-state index in [-0.39, 0.29) is 5.88 Å². The molecule has 7 nitrogen and oxygen atoms in total. The summed E-state index contributed by atoms with van der Waals surface area (Å²) in [4.78, 5) is 8.34. The van der Waals surface area contributed by atoms with Gasteiger partial charge >= 0.3 is 6.18 Å². The standard InChI is InChI=1S/C20H28F3N5O2/c1-4-15(5-2)17-9-16(30-28-17)12-27-19(24-6-3)26-11-14-7-8-18(25-10-14)29-13-20(21,22)23/h7-10,15H,4-6,11-13H2,1-3H3,(H2,24,26,27). The molecule has 0 aromatic carbocycles. The summed E-state index contributed by atoms with van der Waals surface area (Å²) in [6, 6.07) is 4.98. The summed E-state index contributed by atoms with van der Waals surface area (Å²) in [7, 11) is 0. The van der Waals surface area contributed by atoms with Gasteiger partial charge in [0, 0.05) is 30.8 Å². The maximum Gasteiger partial charge on any atom is 0.422 e. The number of alkyl halides is 3. The molecule has 0 saturated carbocycles. The normalized spacial score (nSPS) is 12.3. The van der Waals surface area contributed by atoms with Gasteiger partial charge in [-0.3, -0.25) is 0 Å². The third kappa shape index (κ3) is 7.92. The zero-order chi connectivity index (χ0) is 22.0. The van der Waals surface area contributed by atoms with Crippen molar-refractivity contribution in [3.63, 3.8) is 0 Å². The van der Waals surface area contributed by atoms with Gasteiger partial charge in [0.25, 0.3) is 0 Å². The lowest BCUT2D eigenvalue weighted by molar-refractivity contribution is -0.154. The molecule has 2 N–H and O–H groups in total. The van der Waals surface area contributed by atoms with Crippen molar-refractivity contribution in [3.8, 4) is 5.88 Å². The average Bonchev–Trinajstić information content (AvgIpc) is 3.18. The first kappa shape index (κ1) is 23.5. The molecule has 0 atom stereocenters. The van der Waals surface area contributed by atoms with E-state index < -0.39 is 12.8 Å². The minimum atomic E-state index is -4.39. The molecule has 0 amide bonds. The number of halogens is 3. The summed E-state index contributed by atoms with van der Waals surface area (Å²) in [5, 5.41) is 10.5. The number of ether oxygens (including phenoxy) is 1. The fourth-order valence-corrected chi connectivity index (χ4v) is 2.74. The number of aliphatic imine (C=N–C) groups is 1. The highest BCUT2D eigenvalue weighted by molar-refractivity contribution is 5.79. The van der Waals surface area contributed by atoms with Crippen LogP contribution in [0.15, 0.2) is 33.9 Å². The Labute approximate surface area is 174 Å². The van der Waals surface area contributed by atoms with E-state index in [0.717, 1.165) is 29.9 Å². The van der Waals surface area contributed by atoms with E-state index in [2.05, 4.69) is 44.4 Å². The first-order valence-electron chi connectivity index (χ1n) is 9.96. The minimum Gasteiger partial charge on any atom is -0.468 e. The number of nitrogens with zero attached hydrogens (tertiary/aromatic N) is 3. The van der Waals surface area contributed by atoms with Crippen LogP contribution in [0.4, 0.5) is 13.2 Å². The van der Waals surface area contributed by atoms with Gasteiger partial charge in [-0.15, -0.1) is 0 Å². The molecule has 0 aliphatic carbocycles. The Morgan fingerprint density at radius 3 is 2.57 bits per heavy atom. The highest BCUT2D eigenvalue weighted by Gasteiger charge is 2.28. The van der Waals surface area contributed by atoms with E-state index in [0.29, 0.717) is 31.5 Å². The number of hydrogen-bond donors (Lipinski definition) is 2. The molecular formula is C20H28F3N5O2. The Morgan fingerprint density at radius 2 is 1.97 bits per heavy atom.